The minimum atomic E-state index is -3.93. The maximum absolute atomic E-state index is 13.6. The first-order valence-corrected chi connectivity index (χ1v) is 13.0. The number of fused-ring (bicyclic) bond motifs is 1. The van der Waals surface area contributed by atoms with Crippen molar-refractivity contribution in [2.24, 2.45) is 0 Å². The molecule has 6 nitrogen and oxygen atoms in total. The number of carbonyl (C=O) groups excluding carboxylic acids is 1. The Balaban J connectivity index is 1.46. The molecule has 0 bridgehead atoms. The second-order valence-electron chi connectivity index (χ2n) is 8.29. The van der Waals surface area contributed by atoms with E-state index in [1.54, 1.807) is 37.4 Å². The van der Waals surface area contributed by atoms with E-state index in [0.717, 1.165) is 16.3 Å². The van der Waals surface area contributed by atoms with Gasteiger partial charge in [-0.2, -0.15) is 0 Å². The number of hydrogen-bond acceptors (Lipinski definition) is 4. The summed E-state index contributed by atoms with van der Waals surface area (Å²) in [5.41, 5.74) is 1.20. The monoisotopic (exact) mass is 506 g/mol. The Morgan fingerprint density at radius 3 is 2.31 bits per heavy atom. The Hall–Kier alpha value is -3.91. The SMILES string of the molecule is COc1ccc(CC(=O)NCCCN(c2ccc(F)cc2)S(=O)(=O)c2ccc3ccccc3c2)cc1. The maximum Gasteiger partial charge on any atom is 0.264 e. The largest absolute Gasteiger partial charge is 0.497 e. The molecule has 186 valence electrons. The quantitative estimate of drug-likeness (QED) is 0.310. The number of sulfonamides is 1. The molecule has 0 aliphatic heterocycles. The number of methoxy groups -OCH3 is 1. The predicted octanol–water partition coefficient (Wildman–Crippen LogP) is 4.93. The van der Waals surface area contributed by atoms with Crippen molar-refractivity contribution in [3.8, 4) is 5.75 Å². The van der Waals surface area contributed by atoms with E-state index in [2.05, 4.69) is 5.32 Å². The molecule has 0 saturated heterocycles. The lowest BCUT2D eigenvalue weighted by Gasteiger charge is -2.25. The molecule has 0 radical (unpaired) electrons. The van der Waals surface area contributed by atoms with Gasteiger partial charge in [0.25, 0.3) is 10.0 Å². The van der Waals surface area contributed by atoms with E-state index in [0.29, 0.717) is 24.4 Å². The molecule has 8 heteroatoms. The molecule has 0 aliphatic rings. The number of halogens is 1. The van der Waals surface area contributed by atoms with Gasteiger partial charge in [-0.15, -0.1) is 0 Å². The molecule has 1 amide bonds. The van der Waals surface area contributed by atoms with Crippen LogP contribution in [0, 0.1) is 5.82 Å². The van der Waals surface area contributed by atoms with E-state index >= 15 is 0 Å². The molecule has 0 spiro atoms. The molecule has 0 heterocycles. The summed E-state index contributed by atoms with van der Waals surface area (Å²) in [5, 5.41) is 4.58. The van der Waals surface area contributed by atoms with E-state index < -0.39 is 15.8 Å². The first-order chi connectivity index (χ1) is 17.4. The number of nitrogens with zero attached hydrogens (tertiary/aromatic N) is 1. The highest BCUT2D eigenvalue weighted by Crippen LogP contribution is 2.27. The zero-order chi connectivity index (χ0) is 25.5. The highest BCUT2D eigenvalue weighted by Gasteiger charge is 2.25. The van der Waals surface area contributed by atoms with Crippen LogP contribution in [0.3, 0.4) is 0 Å². The van der Waals surface area contributed by atoms with E-state index in [1.807, 2.05) is 36.4 Å². The number of carbonyl (C=O) groups is 1. The van der Waals surface area contributed by atoms with Gasteiger partial charge < -0.3 is 10.1 Å². The summed E-state index contributed by atoms with van der Waals surface area (Å²) < 4.78 is 47.2. The summed E-state index contributed by atoms with van der Waals surface area (Å²) in [6.07, 6.45) is 0.583. The number of hydrogen-bond donors (Lipinski definition) is 1. The Kier molecular flexibility index (Phi) is 7.85. The molecule has 0 saturated carbocycles. The first kappa shape index (κ1) is 25.2. The van der Waals surface area contributed by atoms with Gasteiger partial charge in [0.1, 0.15) is 11.6 Å². The number of rotatable bonds is 10. The van der Waals surface area contributed by atoms with Crippen molar-refractivity contribution < 1.29 is 22.3 Å². The fourth-order valence-electron chi connectivity index (χ4n) is 3.89. The summed E-state index contributed by atoms with van der Waals surface area (Å²) in [6, 6.07) is 25.1. The van der Waals surface area contributed by atoms with Crippen LogP contribution < -0.4 is 14.4 Å². The lowest BCUT2D eigenvalue weighted by Crippen LogP contribution is -2.34. The molecule has 36 heavy (non-hydrogen) atoms. The summed E-state index contributed by atoms with van der Waals surface area (Å²) in [4.78, 5) is 12.5. The van der Waals surface area contributed by atoms with Crippen molar-refractivity contribution in [2.75, 3.05) is 24.5 Å². The normalized spacial score (nSPS) is 11.3. The summed E-state index contributed by atoms with van der Waals surface area (Å²) in [7, 11) is -2.35. The van der Waals surface area contributed by atoms with E-state index in [-0.39, 0.29) is 23.8 Å². The lowest BCUT2D eigenvalue weighted by molar-refractivity contribution is -0.120. The van der Waals surface area contributed by atoms with E-state index in [9.17, 15) is 17.6 Å². The van der Waals surface area contributed by atoms with Crippen LogP contribution in [0.5, 0.6) is 5.75 Å². The van der Waals surface area contributed by atoms with Crippen molar-refractivity contribution in [3.05, 3.63) is 102 Å². The zero-order valence-corrected chi connectivity index (χ0v) is 20.7. The Morgan fingerprint density at radius 1 is 0.917 bits per heavy atom. The number of benzene rings is 4. The van der Waals surface area contributed by atoms with Crippen molar-refractivity contribution >= 4 is 32.4 Å². The molecular formula is C28H27FN2O4S. The van der Waals surface area contributed by atoms with Crippen LogP contribution in [0.4, 0.5) is 10.1 Å². The van der Waals surface area contributed by atoms with Crippen molar-refractivity contribution in [2.45, 2.75) is 17.7 Å². The summed E-state index contributed by atoms with van der Waals surface area (Å²) in [6.45, 7) is 0.406. The topological polar surface area (TPSA) is 75.7 Å². The number of nitrogens with one attached hydrogen (secondary N) is 1. The molecule has 0 unspecified atom stereocenters. The average Bonchev–Trinajstić information content (AvgIpc) is 2.89. The van der Waals surface area contributed by atoms with E-state index in [4.69, 9.17) is 4.74 Å². The maximum atomic E-state index is 13.6. The van der Waals surface area contributed by atoms with Gasteiger partial charge in [-0.1, -0.05) is 42.5 Å². The molecule has 4 aromatic rings. The van der Waals surface area contributed by atoms with Crippen LogP contribution in [-0.2, 0) is 21.2 Å². The van der Waals surface area contributed by atoms with Gasteiger partial charge in [0.15, 0.2) is 0 Å². The average molecular weight is 507 g/mol. The Labute approximate surface area is 210 Å². The number of anilines is 1. The Morgan fingerprint density at radius 2 is 1.61 bits per heavy atom. The van der Waals surface area contributed by atoms with Crippen molar-refractivity contribution in [1.82, 2.24) is 5.32 Å². The molecule has 0 aliphatic carbocycles. The second kappa shape index (κ2) is 11.2. The molecular weight excluding hydrogens is 479 g/mol. The van der Waals surface area contributed by atoms with Gasteiger partial charge in [-0.25, -0.2) is 12.8 Å². The fourth-order valence-corrected chi connectivity index (χ4v) is 5.43. The highest BCUT2D eigenvalue weighted by molar-refractivity contribution is 7.92. The first-order valence-electron chi connectivity index (χ1n) is 11.5. The molecule has 4 rings (SSSR count). The summed E-state index contributed by atoms with van der Waals surface area (Å²) in [5.74, 6) is 0.103. The smallest absolute Gasteiger partial charge is 0.264 e. The van der Waals surface area contributed by atoms with E-state index in [1.165, 1.54) is 28.6 Å². The van der Waals surface area contributed by atoms with Crippen LogP contribution in [0.15, 0.2) is 95.9 Å². The van der Waals surface area contributed by atoms with Gasteiger partial charge in [0, 0.05) is 13.1 Å². The van der Waals surface area contributed by atoms with Crippen molar-refractivity contribution in [3.63, 3.8) is 0 Å². The van der Waals surface area contributed by atoms with Gasteiger partial charge in [-0.05, 0) is 71.3 Å². The molecule has 0 atom stereocenters. The van der Waals surface area contributed by atoms with Gasteiger partial charge in [-0.3, -0.25) is 9.10 Å². The molecule has 0 fully saturated rings. The predicted molar refractivity (Wildman–Crippen MR) is 139 cm³/mol. The second-order valence-corrected chi connectivity index (χ2v) is 10.2. The third-order valence-corrected chi connectivity index (χ3v) is 7.63. The number of amides is 1. The van der Waals surface area contributed by atoms with Gasteiger partial charge in [0.2, 0.25) is 5.91 Å². The Bertz CT molecular complexity index is 1440. The zero-order valence-electron chi connectivity index (χ0n) is 19.9. The highest BCUT2D eigenvalue weighted by atomic mass is 32.2. The van der Waals surface area contributed by atoms with Crippen LogP contribution in [0.1, 0.15) is 12.0 Å². The lowest BCUT2D eigenvalue weighted by atomic mass is 10.1. The van der Waals surface area contributed by atoms with Crippen LogP contribution in [0.2, 0.25) is 0 Å². The third-order valence-electron chi connectivity index (χ3n) is 5.81. The third kappa shape index (κ3) is 6.01. The standard InChI is InChI=1S/C28H27FN2O4S/c1-35-26-14-7-21(8-15-26)19-28(32)30-17-4-18-31(25-12-10-24(29)11-13-25)36(33,34)27-16-9-22-5-2-3-6-23(22)20-27/h2-3,5-16,20H,4,17-19H2,1H3,(H,30,32). The number of ether oxygens (including phenoxy) is 1. The minimum absolute atomic E-state index is 0.115. The molecule has 4 aromatic carbocycles. The fraction of sp³-hybridized carbons (Fsp3) is 0.179. The van der Waals surface area contributed by atoms with Crippen molar-refractivity contribution in [1.29, 1.82) is 0 Å². The molecule has 1 N–H and O–H groups in total. The summed E-state index contributed by atoms with van der Waals surface area (Å²) >= 11 is 0. The van der Waals surface area contributed by atoms with Crippen LogP contribution >= 0.6 is 0 Å². The van der Waals surface area contributed by atoms with Crippen LogP contribution in [0.25, 0.3) is 10.8 Å². The van der Waals surface area contributed by atoms with Crippen LogP contribution in [-0.4, -0.2) is 34.5 Å². The minimum Gasteiger partial charge on any atom is -0.497 e. The molecule has 0 aromatic heterocycles. The van der Waals surface area contributed by atoms with Gasteiger partial charge in [0.05, 0.1) is 24.1 Å². The van der Waals surface area contributed by atoms with Gasteiger partial charge >= 0.3 is 0 Å².